The molecule has 1 fully saturated rings. The molecule has 1 aromatic heterocycles. The van der Waals surface area contributed by atoms with Crippen LogP contribution in [-0.2, 0) is 11.3 Å². The van der Waals surface area contributed by atoms with E-state index in [-0.39, 0.29) is 5.91 Å². The van der Waals surface area contributed by atoms with Crippen molar-refractivity contribution in [2.45, 2.75) is 13.5 Å². The molecule has 0 unspecified atom stereocenters. The van der Waals surface area contributed by atoms with Crippen LogP contribution < -0.4 is 10.1 Å². The molecule has 2 heterocycles. The van der Waals surface area contributed by atoms with Crippen LogP contribution in [0.15, 0.2) is 42.4 Å². The van der Waals surface area contributed by atoms with Crippen molar-refractivity contribution in [1.29, 1.82) is 0 Å². The molecule has 0 atom stereocenters. The molecular weight excluding hydrogens is 324 g/mol. The second-order valence-electron chi connectivity index (χ2n) is 5.31. The minimum absolute atomic E-state index is 0.105. The zero-order valence-electron chi connectivity index (χ0n) is 13.5. The van der Waals surface area contributed by atoms with Crippen LogP contribution in [0.25, 0.3) is 6.08 Å². The summed E-state index contributed by atoms with van der Waals surface area (Å²) in [7, 11) is 1.64. The van der Waals surface area contributed by atoms with Gasteiger partial charge in [0.2, 0.25) is 0 Å². The van der Waals surface area contributed by atoms with Gasteiger partial charge in [0.05, 0.1) is 13.7 Å². The summed E-state index contributed by atoms with van der Waals surface area (Å²) in [6.45, 7) is 3.04. The lowest BCUT2D eigenvalue weighted by Crippen LogP contribution is -2.30. The Kier molecular flexibility index (Phi) is 4.61. The number of nitrogens with one attached hydrogen (secondary N) is 1. The molecule has 1 saturated heterocycles. The molecule has 1 N–H and O–H groups in total. The first-order valence-electron chi connectivity index (χ1n) is 7.61. The van der Waals surface area contributed by atoms with Crippen molar-refractivity contribution in [2.24, 2.45) is 0 Å². The Morgan fingerprint density at radius 1 is 1.42 bits per heavy atom. The molecule has 6 nitrogen and oxygen atoms in total. The molecule has 1 aromatic carbocycles. The predicted octanol–water partition coefficient (Wildman–Crippen LogP) is 2.02. The molecule has 0 spiro atoms. The highest BCUT2D eigenvalue weighted by molar-refractivity contribution is 7.80. The maximum Gasteiger partial charge on any atom is 0.276 e. The van der Waals surface area contributed by atoms with Gasteiger partial charge in [-0.25, -0.2) is 0 Å². The Bertz CT molecular complexity index is 799. The van der Waals surface area contributed by atoms with Gasteiger partial charge in [0.15, 0.2) is 5.11 Å². The van der Waals surface area contributed by atoms with Gasteiger partial charge in [-0.15, -0.1) is 0 Å². The smallest absolute Gasteiger partial charge is 0.276 e. The fourth-order valence-electron chi connectivity index (χ4n) is 2.61. The predicted molar refractivity (Wildman–Crippen MR) is 95.4 cm³/mol. The fourth-order valence-corrected chi connectivity index (χ4v) is 2.93. The average Bonchev–Trinajstić information content (AvgIpc) is 3.16. The topological polar surface area (TPSA) is 59.4 Å². The van der Waals surface area contributed by atoms with Gasteiger partial charge < -0.3 is 10.1 Å². The summed E-state index contributed by atoms with van der Waals surface area (Å²) in [4.78, 5) is 13.8. The van der Waals surface area contributed by atoms with Crippen LogP contribution in [0.4, 0.5) is 0 Å². The third-order valence-corrected chi connectivity index (χ3v) is 4.11. The van der Waals surface area contributed by atoms with Gasteiger partial charge in [-0.2, -0.15) is 5.10 Å². The minimum Gasteiger partial charge on any atom is -0.496 e. The van der Waals surface area contributed by atoms with E-state index >= 15 is 0 Å². The van der Waals surface area contributed by atoms with Gasteiger partial charge in [-0.3, -0.25) is 14.4 Å². The summed E-state index contributed by atoms with van der Waals surface area (Å²) in [5, 5.41) is 7.63. The van der Waals surface area contributed by atoms with Crippen molar-refractivity contribution in [3.05, 3.63) is 53.5 Å². The molecule has 2 aromatic rings. The molecule has 1 amide bonds. The summed E-state index contributed by atoms with van der Waals surface area (Å²) in [5.74, 6) is 0.677. The number of ether oxygens (including phenoxy) is 1. The Morgan fingerprint density at radius 2 is 2.25 bits per heavy atom. The van der Waals surface area contributed by atoms with Crippen LogP contribution >= 0.6 is 12.2 Å². The van der Waals surface area contributed by atoms with Crippen molar-refractivity contribution in [2.75, 3.05) is 13.7 Å². The van der Waals surface area contributed by atoms with E-state index in [4.69, 9.17) is 17.0 Å². The molecule has 124 valence electrons. The number of hydrogen-bond donors (Lipinski definition) is 1. The van der Waals surface area contributed by atoms with E-state index in [2.05, 4.69) is 10.4 Å². The van der Waals surface area contributed by atoms with Crippen molar-refractivity contribution in [3.63, 3.8) is 0 Å². The lowest BCUT2D eigenvalue weighted by Gasteiger charge is -2.10. The number of methoxy groups -OCH3 is 1. The van der Waals surface area contributed by atoms with Gasteiger partial charge in [-0.05, 0) is 49.0 Å². The molecule has 7 heteroatoms. The van der Waals surface area contributed by atoms with E-state index in [0.29, 0.717) is 23.9 Å². The van der Waals surface area contributed by atoms with Crippen LogP contribution in [0, 0.1) is 0 Å². The second kappa shape index (κ2) is 6.84. The van der Waals surface area contributed by atoms with Crippen molar-refractivity contribution in [3.8, 4) is 5.75 Å². The lowest BCUT2D eigenvalue weighted by molar-refractivity contribution is -0.122. The van der Waals surface area contributed by atoms with Crippen LogP contribution in [0.1, 0.15) is 18.1 Å². The van der Waals surface area contributed by atoms with Crippen LogP contribution in [0.2, 0.25) is 0 Å². The molecule has 0 bridgehead atoms. The number of hydrogen-bond acceptors (Lipinski definition) is 4. The monoisotopic (exact) mass is 342 g/mol. The Hall–Kier alpha value is -2.67. The largest absolute Gasteiger partial charge is 0.496 e. The first-order chi connectivity index (χ1) is 11.6. The lowest BCUT2D eigenvalue weighted by atomic mass is 10.1. The van der Waals surface area contributed by atoms with Gasteiger partial charge >= 0.3 is 0 Å². The highest BCUT2D eigenvalue weighted by Gasteiger charge is 2.28. The zero-order chi connectivity index (χ0) is 17.1. The number of aromatic nitrogens is 2. The first-order valence-corrected chi connectivity index (χ1v) is 8.02. The molecule has 1 aliphatic rings. The summed E-state index contributed by atoms with van der Waals surface area (Å²) < 4.78 is 7.24. The van der Waals surface area contributed by atoms with E-state index in [1.807, 2.05) is 42.1 Å². The van der Waals surface area contributed by atoms with Crippen molar-refractivity contribution in [1.82, 2.24) is 20.0 Å². The van der Waals surface area contributed by atoms with E-state index in [1.165, 1.54) is 4.90 Å². The van der Waals surface area contributed by atoms with E-state index < -0.39 is 0 Å². The molecule has 1 aliphatic heterocycles. The second-order valence-corrected chi connectivity index (χ2v) is 5.70. The quantitative estimate of drug-likeness (QED) is 0.665. The van der Waals surface area contributed by atoms with Gasteiger partial charge in [0, 0.05) is 24.5 Å². The number of benzene rings is 1. The maximum atomic E-state index is 12.3. The summed E-state index contributed by atoms with van der Waals surface area (Å²) in [6, 6.07) is 7.66. The van der Waals surface area contributed by atoms with E-state index in [9.17, 15) is 4.79 Å². The number of amides is 1. The maximum absolute atomic E-state index is 12.3. The molecule has 3 rings (SSSR count). The summed E-state index contributed by atoms with van der Waals surface area (Å²) in [5.41, 5.74) is 2.36. The highest BCUT2D eigenvalue weighted by Crippen LogP contribution is 2.23. The normalized spacial score (nSPS) is 15.9. The first kappa shape index (κ1) is 16.2. The number of carbonyl (C=O) groups excluding carboxylic acids is 1. The molecule has 0 radical (unpaired) electrons. The highest BCUT2D eigenvalue weighted by atomic mass is 32.1. The summed E-state index contributed by atoms with van der Waals surface area (Å²) in [6.07, 6.45) is 5.43. The third-order valence-electron chi connectivity index (χ3n) is 3.79. The van der Waals surface area contributed by atoms with Gasteiger partial charge in [0.25, 0.3) is 5.91 Å². The Labute approximate surface area is 145 Å². The van der Waals surface area contributed by atoms with Crippen LogP contribution in [0.3, 0.4) is 0 Å². The SMILES string of the molecule is CCN1C(=O)/C(=C\c2ccc(OC)c(Cn3cccn3)c2)NC1=S. The molecular formula is C17H18N4O2S. The van der Waals surface area contributed by atoms with Crippen molar-refractivity contribution >= 4 is 29.3 Å². The zero-order valence-corrected chi connectivity index (χ0v) is 14.3. The number of rotatable bonds is 5. The number of thiocarbonyl (C=S) groups is 1. The fraction of sp³-hybridized carbons (Fsp3) is 0.235. The summed E-state index contributed by atoms with van der Waals surface area (Å²) >= 11 is 5.17. The van der Waals surface area contributed by atoms with Crippen LogP contribution in [-0.4, -0.2) is 39.4 Å². The van der Waals surface area contributed by atoms with Crippen molar-refractivity contribution < 1.29 is 9.53 Å². The Balaban J connectivity index is 1.90. The average molecular weight is 342 g/mol. The standard InChI is InChI=1S/C17H18N4O2S/c1-3-21-16(22)14(19-17(21)24)10-12-5-6-15(23-2)13(9-12)11-20-8-4-7-18-20/h4-10H,3,11H2,1-2H3,(H,19,24)/b14-10+. The van der Waals surface area contributed by atoms with E-state index in [0.717, 1.165) is 16.9 Å². The Morgan fingerprint density at radius 3 is 2.88 bits per heavy atom. The third kappa shape index (κ3) is 3.16. The van der Waals surface area contributed by atoms with Gasteiger partial charge in [-0.1, -0.05) is 6.07 Å². The van der Waals surface area contributed by atoms with E-state index in [1.54, 1.807) is 19.4 Å². The number of nitrogens with zero attached hydrogens (tertiary/aromatic N) is 3. The van der Waals surface area contributed by atoms with Crippen LogP contribution in [0.5, 0.6) is 5.75 Å². The van der Waals surface area contributed by atoms with Gasteiger partial charge in [0.1, 0.15) is 11.4 Å². The number of carbonyl (C=O) groups is 1. The minimum atomic E-state index is -0.105. The molecule has 0 saturated carbocycles. The molecule has 0 aliphatic carbocycles. The number of likely N-dealkylation sites (N-methyl/N-ethyl adjacent to an activating group) is 1. The molecule has 24 heavy (non-hydrogen) atoms.